The molecule has 1 aliphatic rings. The second-order valence-electron chi connectivity index (χ2n) is 6.70. The van der Waals surface area contributed by atoms with Gasteiger partial charge < -0.3 is 14.7 Å². The van der Waals surface area contributed by atoms with Gasteiger partial charge in [0.05, 0.1) is 5.41 Å². The van der Waals surface area contributed by atoms with E-state index in [0.29, 0.717) is 18.7 Å². The second kappa shape index (κ2) is 6.60. The lowest BCUT2D eigenvalue weighted by atomic mass is 9.76. The highest BCUT2D eigenvalue weighted by Gasteiger charge is 2.49. The molecule has 1 aliphatic heterocycles. The molecule has 0 aliphatic carbocycles. The van der Waals surface area contributed by atoms with E-state index in [1.165, 1.54) is 0 Å². The molecule has 2 rings (SSSR count). The molecular weight excluding hydrogens is 294 g/mol. The molecule has 0 aromatic heterocycles. The van der Waals surface area contributed by atoms with Crippen molar-refractivity contribution >= 4 is 11.9 Å². The van der Waals surface area contributed by atoms with Gasteiger partial charge in [0.25, 0.3) is 5.91 Å². The van der Waals surface area contributed by atoms with Crippen molar-refractivity contribution in [3.63, 3.8) is 0 Å². The SMILES string of the molecule is Cc1ccc(OC(C)C(=O)N2CCC(C(=O)O)(C(C)C)C2)cc1. The Balaban J connectivity index is 2.03. The number of ether oxygens (including phenoxy) is 1. The molecule has 2 unspecified atom stereocenters. The zero-order valence-electron chi connectivity index (χ0n) is 14.2. The molecule has 5 nitrogen and oxygen atoms in total. The highest BCUT2D eigenvalue weighted by Crippen LogP contribution is 2.38. The van der Waals surface area contributed by atoms with E-state index in [2.05, 4.69) is 0 Å². The maximum absolute atomic E-state index is 12.6. The molecule has 1 N–H and O–H groups in total. The van der Waals surface area contributed by atoms with Gasteiger partial charge in [-0.1, -0.05) is 31.5 Å². The zero-order valence-corrected chi connectivity index (χ0v) is 14.2. The molecule has 2 atom stereocenters. The molecule has 126 valence electrons. The van der Waals surface area contributed by atoms with Gasteiger partial charge >= 0.3 is 5.97 Å². The van der Waals surface area contributed by atoms with E-state index in [1.807, 2.05) is 45.0 Å². The molecule has 1 fully saturated rings. The normalized spacial score (nSPS) is 22.2. The van der Waals surface area contributed by atoms with Crippen LogP contribution in [0.5, 0.6) is 5.75 Å². The van der Waals surface area contributed by atoms with Crippen LogP contribution in [0.15, 0.2) is 24.3 Å². The van der Waals surface area contributed by atoms with E-state index in [4.69, 9.17) is 4.74 Å². The molecule has 1 saturated heterocycles. The summed E-state index contributed by atoms with van der Waals surface area (Å²) in [7, 11) is 0. The van der Waals surface area contributed by atoms with Gasteiger partial charge in [0.2, 0.25) is 0 Å². The Kier molecular flexibility index (Phi) is 4.97. The molecular formula is C18H25NO4. The van der Waals surface area contributed by atoms with Crippen LogP contribution in [0.3, 0.4) is 0 Å². The third-order valence-electron chi connectivity index (χ3n) is 4.83. The third-order valence-corrected chi connectivity index (χ3v) is 4.83. The summed E-state index contributed by atoms with van der Waals surface area (Å²) >= 11 is 0. The maximum atomic E-state index is 12.6. The first-order valence-corrected chi connectivity index (χ1v) is 8.02. The number of benzene rings is 1. The van der Waals surface area contributed by atoms with Gasteiger partial charge in [-0.05, 0) is 38.3 Å². The Bertz CT molecular complexity index is 581. The summed E-state index contributed by atoms with van der Waals surface area (Å²) in [5.41, 5.74) is 0.276. The molecule has 0 saturated carbocycles. The smallest absolute Gasteiger partial charge is 0.311 e. The highest BCUT2D eigenvalue weighted by atomic mass is 16.5. The van der Waals surface area contributed by atoms with E-state index < -0.39 is 17.5 Å². The molecule has 1 amide bonds. The number of carboxylic acids is 1. The van der Waals surface area contributed by atoms with Gasteiger partial charge in [-0.25, -0.2) is 0 Å². The first-order valence-electron chi connectivity index (χ1n) is 8.02. The minimum absolute atomic E-state index is 0.0221. The lowest BCUT2D eigenvalue weighted by Crippen LogP contribution is -2.44. The zero-order chi connectivity index (χ0) is 17.2. The number of likely N-dealkylation sites (tertiary alicyclic amines) is 1. The van der Waals surface area contributed by atoms with E-state index in [-0.39, 0.29) is 18.4 Å². The number of rotatable bonds is 5. The fourth-order valence-corrected chi connectivity index (χ4v) is 3.04. The number of carbonyl (C=O) groups excluding carboxylic acids is 1. The van der Waals surface area contributed by atoms with Crippen molar-refractivity contribution in [3.8, 4) is 5.75 Å². The quantitative estimate of drug-likeness (QED) is 0.906. The van der Waals surface area contributed by atoms with Crippen LogP contribution in [0.4, 0.5) is 0 Å². The summed E-state index contributed by atoms with van der Waals surface area (Å²) in [4.78, 5) is 25.8. The topological polar surface area (TPSA) is 66.8 Å². The number of aryl methyl sites for hydroxylation is 1. The van der Waals surface area contributed by atoms with Crippen LogP contribution in [0, 0.1) is 18.3 Å². The molecule has 5 heteroatoms. The van der Waals surface area contributed by atoms with Crippen LogP contribution in [0.1, 0.15) is 32.8 Å². The summed E-state index contributed by atoms with van der Waals surface area (Å²) in [6, 6.07) is 7.52. The van der Waals surface area contributed by atoms with Crippen LogP contribution in [0.25, 0.3) is 0 Å². The second-order valence-corrected chi connectivity index (χ2v) is 6.70. The Morgan fingerprint density at radius 2 is 1.83 bits per heavy atom. The van der Waals surface area contributed by atoms with Crippen molar-refractivity contribution in [1.82, 2.24) is 4.90 Å². The highest BCUT2D eigenvalue weighted by molar-refractivity contribution is 5.83. The molecule has 1 heterocycles. The summed E-state index contributed by atoms with van der Waals surface area (Å²) in [5, 5.41) is 9.56. The number of carboxylic acid groups (broad SMARTS) is 1. The molecule has 0 radical (unpaired) electrons. The molecule has 1 aromatic carbocycles. The van der Waals surface area contributed by atoms with Gasteiger partial charge in [0.15, 0.2) is 6.10 Å². The predicted octanol–water partition coefficient (Wildman–Crippen LogP) is 2.72. The summed E-state index contributed by atoms with van der Waals surface area (Å²) in [6.07, 6.45) is -0.141. The Hall–Kier alpha value is -2.04. The minimum Gasteiger partial charge on any atom is -0.481 e. The van der Waals surface area contributed by atoms with Gasteiger partial charge in [-0.3, -0.25) is 9.59 Å². The summed E-state index contributed by atoms with van der Waals surface area (Å²) in [6.45, 7) is 8.20. The van der Waals surface area contributed by atoms with Crippen LogP contribution < -0.4 is 4.74 Å². The first-order chi connectivity index (χ1) is 10.8. The van der Waals surface area contributed by atoms with Crippen molar-refractivity contribution in [2.24, 2.45) is 11.3 Å². The van der Waals surface area contributed by atoms with Crippen molar-refractivity contribution in [2.45, 2.75) is 40.2 Å². The summed E-state index contributed by atoms with van der Waals surface area (Å²) in [5.74, 6) is -0.362. The molecule has 1 aromatic rings. The van der Waals surface area contributed by atoms with Crippen LogP contribution in [0.2, 0.25) is 0 Å². The number of hydrogen-bond acceptors (Lipinski definition) is 3. The van der Waals surface area contributed by atoms with E-state index >= 15 is 0 Å². The van der Waals surface area contributed by atoms with E-state index in [1.54, 1.807) is 11.8 Å². The summed E-state index contributed by atoms with van der Waals surface area (Å²) < 4.78 is 5.69. The fourth-order valence-electron chi connectivity index (χ4n) is 3.04. The van der Waals surface area contributed by atoms with Crippen molar-refractivity contribution in [3.05, 3.63) is 29.8 Å². The van der Waals surface area contributed by atoms with Crippen molar-refractivity contribution < 1.29 is 19.4 Å². The number of amides is 1. The van der Waals surface area contributed by atoms with Gasteiger partial charge in [0, 0.05) is 13.1 Å². The third kappa shape index (κ3) is 3.49. The average molecular weight is 319 g/mol. The lowest BCUT2D eigenvalue weighted by Gasteiger charge is -2.29. The molecule has 0 spiro atoms. The lowest BCUT2D eigenvalue weighted by molar-refractivity contribution is -0.151. The first kappa shape index (κ1) is 17.3. The Labute approximate surface area is 137 Å². The van der Waals surface area contributed by atoms with Crippen molar-refractivity contribution in [1.29, 1.82) is 0 Å². The van der Waals surface area contributed by atoms with Crippen LogP contribution in [-0.4, -0.2) is 41.1 Å². The Morgan fingerprint density at radius 3 is 2.30 bits per heavy atom. The average Bonchev–Trinajstić information content (AvgIpc) is 2.95. The van der Waals surface area contributed by atoms with Crippen molar-refractivity contribution in [2.75, 3.05) is 13.1 Å². The predicted molar refractivity (Wildman–Crippen MR) is 87.4 cm³/mol. The maximum Gasteiger partial charge on any atom is 0.311 e. The number of hydrogen-bond donors (Lipinski definition) is 1. The van der Waals surface area contributed by atoms with E-state index in [9.17, 15) is 14.7 Å². The largest absolute Gasteiger partial charge is 0.481 e. The number of aliphatic carboxylic acids is 1. The fraction of sp³-hybridized carbons (Fsp3) is 0.556. The van der Waals surface area contributed by atoms with Crippen LogP contribution in [-0.2, 0) is 9.59 Å². The van der Waals surface area contributed by atoms with Gasteiger partial charge in [-0.2, -0.15) is 0 Å². The minimum atomic E-state index is -0.848. The molecule has 23 heavy (non-hydrogen) atoms. The van der Waals surface area contributed by atoms with Crippen LogP contribution >= 0.6 is 0 Å². The van der Waals surface area contributed by atoms with E-state index in [0.717, 1.165) is 5.56 Å². The monoisotopic (exact) mass is 319 g/mol. The van der Waals surface area contributed by atoms with Gasteiger partial charge in [0.1, 0.15) is 5.75 Å². The number of carbonyl (C=O) groups is 2. The number of nitrogens with zero attached hydrogens (tertiary/aromatic N) is 1. The van der Waals surface area contributed by atoms with Gasteiger partial charge in [-0.15, -0.1) is 0 Å². The molecule has 0 bridgehead atoms. The standard InChI is InChI=1S/C18H25NO4/c1-12(2)18(17(21)22)9-10-19(11-18)16(20)14(4)23-15-7-5-13(3)6-8-15/h5-8,12,14H,9-11H2,1-4H3,(H,21,22). The Morgan fingerprint density at radius 1 is 1.22 bits per heavy atom.